The van der Waals surface area contributed by atoms with Gasteiger partial charge in [-0.15, -0.1) is 0 Å². The normalized spacial score (nSPS) is 18.5. The van der Waals surface area contributed by atoms with Gasteiger partial charge in [0.1, 0.15) is 5.75 Å². The third-order valence-electron chi connectivity index (χ3n) is 3.38. The average molecular weight is 272 g/mol. The van der Waals surface area contributed by atoms with Crippen LogP contribution in [0.3, 0.4) is 0 Å². The minimum absolute atomic E-state index is 0.00417. The first-order valence-corrected chi connectivity index (χ1v) is 6.29. The zero-order chi connectivity index (χ0) is 13.7. The number of hydrogen-bond donors (Lipinski definition) is 2. The van der Waals surface area contributed by atoms with Crippen LogP contribution in [0, 0.1) is 5.92 Å². The molecule has 2 rings (SSSR count). The molecule has 1 atom stereocenters. The van der Waals surface area contributed by atoms with Gasteiger partial charge in [-0.2, -0.15) is 8.78 Å². The largest absolute Gasteiger partial charge is 0.435 e. The highest BCUT2D eigenvalue weighted by molar-refractivity contribution is 5.29. The SMILES string of the molecule is NNC(c1ccc(OC(F)F)cc1)C1CCOCC1. The summed E-state index contributed by atoms with van der Waals surface area (Å²) in [5, 5.41) is 0. The van der Waals surface area contributed by atoms with E-state index in [0.29, 0.717) is 5.92 Å². The summed E-state index contributed by atoms with van der Waals surface area (Å²) in [6.07, 6.45) is 1.87. The second-order valence-corrected chi connectivity index (χ2v) is 4.54. The molecule has 106 valence electrons. The van der Waals surface area contributed by atoms with E-state index in [9.17, 15) is 8.78 Å². The molecule has 1 heterocycles. The maximum absolute atomic E-state index is 12.1. The molecule has 1 saturated heterocycles. The van der Waals surface area contributed by atoms with Crippen LogP contribution < -0.4 is 16.0 Å². The zero-order valence-corrected chi connectivity index (χ0v) is 10.5. The maximum Gasteiger partial charge on any atom is 0.387 e. The summed E-state index contributed by atoms with van der Waals surface area (Å²) in [6, 6.07) is 6.59. The predicted octanol–water partition coefficient (Wildman–Crippen LogP) is 2.22. The molecule has 0 amide bonds. The van der Waals surface area contributed by atoms with Gasteiger partial charge in [0, 0.05) is 19.3 Å². The van der Waals surface area contributed by atoms with Crippen molar-refractivity contribution in [3.63, 3.8) is 0 Å². The van der Waals surface area contributed by atoms with Gasteiger partial charge in [0.25, 0.3) is 0 Å². The van der Waals surface area contributed by atoms with E-state index in [1.54, 1.807) is 12.1 Å². The highest BCUT2D eigenvalue weighted by Gasteiger charge is 2.24. The van der Waals surface area contributed by atoms with Crippen molar-refractivity contribution in [1.29, 1.82) is 0 Å². The van der Waals surface area contributed by atoms with Crippen LogP contribution in [0.15, 0.2) is 24.3 Å². The molecule has 1 aromatic carbocycles. The van der Waals surface area contributed by atoms with Gasteiger partial charge >= 0.3 is 6.61 Å². The predicted molar refractivity (Wildman–Crippen MR) is 66.7 cm³/mol. The Morgan fingerprint density at radius 2 is 1.84 bits per heavy atom. The first kappa shape index (κ1) is 14.2. The Bertz CT molecular complexity index is 381. The lowest BCUT2D eigenvalue weighted by Gasteiger charge is -2.30. The molecule has 1 fully saturated rings. The van der Waals surface area contributed by atoms with Crippen LogP contribution in [-0.2, 0) is 4.74 Å². The molecule has 4 nitrogen and oxygen atoms in total. The second kappa shape index (κ2) is 6.79. The molecule has 0 aliphatic carbocycles. The molecule has 1 aliphatic heterocycles. The monoisotopic (exact) mass is 272 g/mol. The van der Waals surface area contributed by atoms with Crippen molar-refractivity contribution >= 4 is 0 Å². The number of alkyl halides is 2. The van der Waals surface area contributed by atoms with Crippen molar-refractivity contribution in [2.75, 3.05) is 13.2 Å². The Hall–Kier alpha value is -1.24. The van der Waals surface area contributed by atoms with Crippen molar-refractivity contribution in [2.24, 2.45) is 11.8 Å². The molecule has 0 spiro atoms. The van der Waals surface area contributed by atoms with Crippen LogP contribution in [0.4, 0.5) is 8.78 Å². The molecule has 0 bridgehead atoms. The maximum atomic E-state index is 12.1. The van der Waals surface area contributed by atoms with Crippen molar-refractivity contribution in [1.82, 2.24) is 5.43 Å². The summed E-state index contributed by atoms with van der Waals surface area (Å²) in [5.74, 6) is 6.16. The number of halogens is 2. The minimum Gasteiger partial charge on any atom is -0.435 e. The van der Waals surface area contributed by atoms with E-state index >= 15 is 0 Å². The number of ether oxygens (including phenoxy) is 2. The van der Waals surface area contributed by atoms with E-state index in [1.807, 2.05) is 0 Å². The standard InChI is InChI=1S/C13H18F2N2O2/c14-13(15)19-11-3-1-9(2-4-11)12(17-16)10-5-7-18-8-6-10/h1-4,10,12-13,17H,5-8,16H2. The molecular weight excluding hydrogens is 254 g/mol. The molecule has 0 aromatic heterocycles. The number of benzene rings is 1. The summed E-state index contributed by atoms with van der Waals surface area (Å²) in [7, 11) is 0. The Balaban J connectivity index is 2.05. The minimum atomic E-state index is -2.80. The topological polar surface area (TPSA) is 56.5 Å². The Kier molecular flexibility index (Phi) is 5.07. The number of hydrogen-bond acceptors (Lipinski definition) is 4. The van der Waals surface area contributed by atoms with Crippen LogP contribution in [0.1, 0.15) is 24.4 Å². The van der Waals surface area contributed by atoms with Gasteiger partial charge in [-0.1, -0.05) is 12.1 Å². The van der Waals surface area contributed by atoms with Crippen molar-refractivity contribution in [3.8, 4) is 5.75 Å². The molecule has 0 radical (unpaired) electrons. The van der Waals surface area contributed by atoms with Crippen LogP contribution >= 0.6 is 0 Å². The number of hydrazine groups is 1. The molecule has 1 aromatic rings. The van der Waals surface area contributed by atoms with Gasteiger partial charge in [0.15, 0.2) is 0 Å². The Morgan fingerprint density at radius 1 is 1.21 bits per heavy atom. The highest BCUT2D eigenvalue weighted by atomic mass is 19.3. The Morgan fingerprint density at radius 3 is 2.37 bits per heavy atom. The third-order valence-corrected chi connectivity index (χ3v) is 3.38. The van der Waals surface area contributed by atoms with Crippen molar-refractivity contribution in [3.05, 3.63) is 29.8 Å². The van der Waals surface area contributed by atoms with E-state index in [-0.39, 0.29) is 11.8 Å². The van der Waals surface area contributed by atoms with Crippen LogP contribution in [0.25, 0.3) is 0 Å². The average Bonchev–Trinajstić information content (AvgIpc) is 2.42. The van der Waals surface area contributed by atoms with Crippen LogP contribution in [-0.4, -0.2) is 19.8 Å². The van der Waals surface area contributed by atoms with Gasteiger partial charge in [-0.05, 0) is 36.5 Å². The van der Waals surface area contributed by atoms with E-state index < -0.39 is 6.61 Å². The lowest BCUT2D eigenvalue weighted by atomic mass is 9.87. The fraction of sp³-hybridized carbons (Fsp3) is 0.538. The summed E-state index contributed by atoms with van der Waals surface area (Å²) in [4.78, 5) is 0. The number of nitrogens with one attached hydrogen (secondary N) is 1. The lowest BCUT2D eigenvalue weighted by molar-refractivity contribution is -0.0498. The van der Waals surface area contributed by atoms with Crippen LogP contribution in [0.2, 0.25) is 0 Å². The number of nitrogens with two attached hydrogens (primary N) is 1. The molecule has 1 unspecified atom stereocenters. The van der Waals surface area contributed by atoms with E-state index in [4.69, 9.17) is 10.6 Å². The molecule has 0 saturated carbocycles. The molecular formula is C13H18F2N2O2. The summed E-state index contributed by atoms with van der Waals surface area (Å²) in [5.41, 5.74) is 3.77. The van der Waals surface area contributed by atoms with E-state index in [2.05, 4.69) is 10.2 Å². The zero-order valence-electron chi connectivity index (χ0n) is 10.5. The molecule has 1 aliphatic rings. The third kappa shape index (κ3) is 3.86. The fourth-order valence-electron chi connectivity index (χ4n) is 2.41. The Labute approximate surface area is 110 Å². The van der Waals surface area contributed by atoms with Gasteiger partial charge < -0.3 is 9.47 Å². The van der Waals surface area contributed by atoms with E-state index in [1.165, 1.54) is 12.1 Å². The first-order valence-electron chi connectivity index (χ1n) is 6.29. The quantitative estimate of drug-likeness (QED) is 0.637. The molecule has 6 heteroatoms. The second-order valence-electron chi connectivity index (χ2n) is 4.54. The van der Waals surface area contributed by atoms with Gasteiger partial charge in [-0.25, -0.2) is 0 Å². The van der Waals surface area contributed by atoms with Crippen molar-refractivity contribution < 1.29 is 18.3 Å². The smallest absolute Gasteiger partial charge is 0.387 e. The van der Waals surface area contributed by atoms with Gasteiger partial charge in [0.05, 0.1) is 0 Å². The van der Waals surface area contributed by atoms with Crippen LogP contribution in [0.5, 0.6) is 5.75 Å². The highest BCUT2D eigenvalue weighted by Crippen LogP contribution is 2.30. The summed E-state index contributed by atoms with van der Waals surface area (Å²) >= 11 is 0. The number of rotatable bonds is 5. The van der Waals surface area contributed by atoms with Gasteiger partial charge in [0.2, 0.25) is 0 Å². The van der Waals surface area contributed by atoms with Crippen molar-refractivity contribution in [2.45, 2.75) is 25.5 Å². The first-order chi connectivity index (χ1) is 9.20. The van der Waals surface area contributed by atoms with Gasteiger partial charge in [-0.3, -0.25) is 11.3 Å². The van der Waals surface area contributed by atoms with E-state index in [0.717, 1.165) is 31.6 Å². The molecule has 19 heavy (non-hydrogen) atoms. The lowest BCUT2D eigenvalue weighted by Crippen LogP contribution is -2.36. The summed E-state index contributed by atoms with van der Waals surface area (Å²) in [6.45, 7) is -1.34. The fourth-order valence-corrected chi connectivity index (χ4v) is 2.41. The molecule has 3 N–H and O–H groups in total. The summed E-state index contributed by atoms with van der Waals surface area (Å²) < 4.78 is 33.8.